The van der Waals surface area contributed by atoms with Gasteiger partial charge in [0.25, 0.3) is 0 Å². The lowest BCUT2D eigenvalue weighted by molar-refractivity contribution is -0.133. The maximum Gasteiger partial charge on any atom is 0.228 e. The maximum absolute atomic E-state index is 13.1. The van der Waals surface area contributed by atoms with Crippen LogP contribution in [0.4, 0.5) is 11.8 Å². The summed E-state index contributed by atoms with van der Waals surface area (Å²) in [7, 11) is 0. The Morgan fingerprint density at radius 1 is 1.06 bits per heavy atom. The lowest BCUT2D eigenvalue weighted by Crippen LogP contribution is -2.37. The van der Waals surface area contributed by atoms with Gasteiger partial charge in [-0.2, -0.15) is 0 Å². The molecule has 2 aromatic heterocycles. The number of aromatic nitrogens is 3. The molecule has 0 spiro atoms. The third-order valence-electron chi connectivity index (χ3n) is 6.53. The molecule has 0 saturated carbocycles. The van der Waals surface area contributed by atoms with E-state index < -0.39 is 0 Å². The molecule has 1 amide bonds. The van der Waals surface area contributed by atoms with Crippen LogP contribution in [0.15, 0.2) is 24.3 Å². The number of nitrogens with zero attached hydrogens (tertiary/aromatic N) is 5. The summed E-state index contributed by atoms with van der Waals surface area (Å²) >= 11 is 0. The first kappa shape index (κ1) is 21.7. The lowest BCUT2D eigenvalue weighted by atomic mass is 9.93. The number of carbonyl (C=O) groups is 1. The number of amides is 1. The summed E-state index contributed by atoms with van der Waals surface area (Å²) in [6.45, 7) is 10.3. The molecule has 0 aliphatic carbocycles. The maximum atomic E-state index is 13.1. The molecule has 4 heterocycles. The van der Waals surface area contributed by atoms with Crippen LogP contribution in [0.2, 0.25) is 0 Å². The summed E-state index contributed by atoms with van der Waals surface area (Å²) in [6, 6.07) is 7.96. The largest absolute Gasteiger partial charge is 0.334 e. The van der Waals surface area contributed by atoms with E-state index in [1.807, 2.05) is 38.1 Å². The van der Waals surface area contributed by atoms with Crippen molar-refractivity contribution in [3.05, 3.63) is 41.3 Å². The van der Waals surface area contributed by atoms with Gasteiger partial charge >= 0.3 is 0 Å². The highest BCUT2D eigenvalue weighted by Gasteiger charge is 2.32. The van der Waals surface area contributed by atoms with Gasteiger partial charge in [0.2, 0.25) is 11.9 Å². The standard InChI is InChI=1S/C24H34N6O/c1-4-29-13-10-19(11-14-29)16-23(31)30-12-6-8-21(30)20-7-5-9-22(27-20)28-24-25-17(2)15-18(3)26-24/h5,7,9,15,19,21H,4,6,8,10-14,16H2,1-3H3,(H,25,26,27,28)/t21-/m1/s1. The van der Waals surface area contributed by atoms with Crippen molar-refractivity contribution in [2.75, 3.05) is 31.5 Å². The molecule has 7 heteroatoms. The fourth-order valence-electron chi connectivity index (χ4n) is 4.85. The molecule has 0 bridgehead atoms. The van der Waals surface area contributed by atoms with E-state index >= 15 is 0 Å². The average molecular weight is 423 g/mol. The molecule has 2 aromatic rings. The Morgan fingerprint density at radius 3 is 2.52 bits per heavy atom. The van der Waals surface area contributed by atoms with Gasteiger partial charge in [0, 0.05) is 24.4 Å². The minimum absolute atomic E-state index is 0.0603. The van der Waals surface area contributed by atoms with E-state index in [9.17, 15) is 4.79 Å². The van der Waals surface area contributed by atoms with Gasteiger partial charge in [-0.1, -0.05) is 13.0 Å². The molecule has 2 saturated heterocycles. The normalized spacial score (nSPS) is 20.2. The Kier molecular flexibility index (Phi) is 6.80. The summed E-state index contributed by atoms with van der Waals surface area (Å²) in [5, 5.41) is 3.23. The number of hydrogen-bond donors (Lipinski definition) is 1. The van der Waals surface area contributed by atoms with Crippen molar-refractivity contribution in [3.8, 4) is 0 Å². The predicted molar refractivity (Wildman–Crippen MR) is 122 cm³/mol. The van der Waals surface area contributed by atoms with Gasteiger partial charge in [0.15, 0.2) is 0 Å². The van der Waals surface area contributed by atoms with E-state index in [0.29, 0.717) is 24.1 Å². The monoisotopic (exact) mass is 422 g/mol. The van der Waals surface area contributed by atoms with Crippen molar-refractivity contribution >= 4 is 17.7 Å². The van der Waals surface area contributed by atoms with Gasteiger partial charge in [-0.3, -0.25) is 4.79 Å². The van der Waals surface area contributed by atoms with E-state index in [2.05, 4.69) is 32.0 Å². The Labute approximate surface area is 185 Å². The zero-order chi connectivity index (χ0) is 21.8. The fourth-order valence-corrected chi connectivity index (χ4v) is 4.85. The van der Waals surface area contributed by atoms with Gasteiger partial charge in [-0.05, 0) is 83.3 Å². The predicted octanol–water partition coefficient (Wildman–Crippen LogP) is 4.02. The molecule has 0 unspecified atom stereocenters. The van der Waals surface area contributed by atoms with Gasteiger partial charge < -0.3 is 15.1 Å². The van der Waals surface area contributed by atoms with Gasteiger partial charge in [0.05, 0.1) is 11.7 Å². The lowest BCUT2D eigenvalue weighted by Gasteiger charge is -2.32. The zero-order valence-corrected chi connectivity index (χ0v) is 19.0. The van der Waals surface area contributed by atoms with E-state index in [0.717, 1.165) is 68.9 Å². The van der Waals surface area contributed by atoms with Crippen LogP contribution in [0, 0.1) is 19.8 Å². The average Bonchev–Trinajstić information content (AvgIpc) is 3.24. The Morgan fingerprint density at radius 2 is 1.81 bits per heavy atom. The van der Waals surface area contributed by atoms with Gasteiger partial charge in [0.1, 0.15) is 5.82 Å². The minimum atomic E-state index is 0.0603. The van der Waals surface area contributed by atoms with Crippen molar-refractivity contribution in [2.45, 2.75) is 58.9 Å². The highest BCUT2D eigenvalue weighted by atomic mass is 16.2. The van der Waals surface area contributed by atoms with E-state index in [-0.39, 0.29) is 11.9 Å². The van der Waals surface area contributed by atoms with Crippen LogP contribution in [0.3, 0.4) is 0 Å². The molecule has 1 atom stereocenters. The molecule has 0 radical (unpaired) electrons. The molecular weight excluding hydrogens is 388 g/mol. The third kappa shape index (κ3) is 5.39. The second-order valence-corrected chi connectivity index (χ2v) is 8.87. The second kappa shape index (κ2) is 9.73. The molecule has 7 nitrogen and oxygen atoms in total. The first-order valence-electron chi connectivity index (χ1n) is 11.6. The zero-order valence-electron chi connectivity index (χ0n) is 19.0. The van der Waals surface area contributed by atoms with Crippen LogP contribution in [0.5, 0.6) is 0 Å². The molecule has 2 aliphatic rings. The minimum Gasteiger partial charge on any atom is -0.334 e. The molecule has 166 valence electrons. The van der Waals surface area contributed by atoms with Gasteiger partial charge in [-0.15, -0.1) is 0 Å². The number of likely N-dealkylation sites (tertiary alicyclic amines) is 2. The van der Waals surface area contributed by atoms with E-state index in [4.69, 9.17) is 4.98 Å². The van der Waals surface area contributed by atoms with Crippen molar-refractivity contribution in [1.29, 1.82) is 0 Å². The quantitative estimate of drug-likeness (QED) is 0.758. The first-order valence-corrected chi connectivity index (χ1v) is 11.6. The third-order valence-corrected chi connectivity index (χ3v) is 6.53. The van der Waals surface area contributed by atoms with Crippen molar-refractivity contribution in [3.63, 3.8) is 0 Å². The number of hydrogen-bond acceptors (Lipinski definition) is 6. The first-order chi connectivity index (χ1) is 15.0. The summed E-state index contributed by atoms with van der Waals surface area (Å²) in [5.74, 6) is 2.07. The van der Waals surface area contributed by atoms with Gasteiger partial charge in [-0.25, -0.2) is 15.0 Å². The van der Waals surface area contributed by atoms with Crippen molar-refractivity contribution < 1.29 is 4.79 Å². The summed E-state index contributed by atoms with van der Waals surface area (Å²) in [6.07, 6.45) is 4.93. The molecule has 2 aliphatic heterocycles. The smallest absolute Gasteiger partial charge is 0.228 e. The van der Waals surface area contributed by atoms with E-state index in [1.165, 1.54) is 0 Å². The molecule has 4 rings (SSSR count). The second-order valence-electron chi connectivity index (χ2n) is 8.87. The Hall–Kier alpha value is -2.54. The van der Waals surface area contributed by atoms with Crippen LogP contribution >= 0.6 is 0 Å². The van der Waals surface area contributed by atoms with E-state index in [1.54, 1.807) is 0 Å². The van der Waals surface area contributed by atoms with Crippen LogP contribution < -0.4 is 5.32 Å². The van der Waals surface area contributed by atoms with Crippen molar-refractivity contribution in [2.24, 2.45) is 5.92 Å². The highest BCUT2D eigenvalue weighted by molar-refractivity contribution is 5.77. The number of aryl methyl sites for hydroxylation is 2. The number of piperidine rings is 1. The number of pyridine rings is 1. The van der Waals surface area contributed by atoms with Crippen LogP contribution in [0.1, 0.15) is 62.2 Å². The topological polar surface area (TPSA) is 74.2 Å². The number of rotatable bonds is 6. The number of nitrogens with one attached hydrogen (secondary N) is 1. The molecule has 31 heavy (non-hydrogen) atoms. The fraction of sp³-hybridized carbons (Fsp3) is 0.583. The summed E-state index contributed by atoms with van der Waals surface area (Å²) < 4.78 is 0. The van der Waals surface area contributed by atoms with Crippen LogP contribution in [-0.4, -0.2) is 56.8 Å². The number of anilines is 2. The number of carbonyl (C=O) groups excluding carboxylic acids is 1. The molecule has 2 fully saturated rings. The SMILES string of the molecule is CCN1CCC(CC(=O)N2CCC[C@@H]2c2cccc(Nc3nc(C)cc(C)n3)n2)CC1. The Bertz CT molecular complexity index is 888. The van der Waals surface area contributed by atoms with Crippen LogP contribution in [0.25, 0.3) is 0 Å². The Balaban J connectivity index is 1.42. The summed E-state index contributed by atoms with van der Waals surface area (Å²) in [5.41, 5.74) is 2.79. The molecule has 1 N–H and O–H groups in total. The van der Waals surface area contributed by atoms with Crippen LogP contribution in [-0.2, 0) is 4.79 Å². The highest BCUT2D eigenvalue weighted by Crippen LogP contribution is 2.33. The summed E-state index contributed by atoms with van der Waals surface area (Å²) in [4.78, 5) is 31.4. The van der Waals surface area contributed by atoms with Crippen molar-refractivity contribution in [1.82, 2.24) is 24.8 Å². The molecule has 0 aromatic carbocycles. The molecular formula is C24H34N6O.